The first-order valence-corrected chi connectivity index (χ1v) is 10.5. The molecule has 0 radical (unpaired) electrons. The summed E-state index contributed by atoms with van der Waals surface area (Å²) >= 11 is 0. The molecule has 1 atom stereocenters. The summed E-state index contributed by atoms with van der Waals surface area (Å²) in [6, 6.07) is 7.31. The first-order chi connectivity index (χ1) is 14.7. The number of nitriles is 1. The zero-order chi connectivity index (χ0) is 20.9. The van der Waals surface area contributed by atoms with Gasteiger partial charge >= 0.3 is 0 Å². The maximum Gasteiger partial charge on any atom is 0.267 e. The molecule has 4 rings (SSSR count). The van der Waals surface area contributed by atoms with Gasteiger partial charge in [0, 0.05) is 32.4 Å². The van der Waals surface area contributed by atoms with Crippen LogP contribution in [0.1, 0.15) is 37.7 Å². The topological polar surface area (TPSA) is 99.7 Å². The minimum Gasteiger partial charge on any atom is -0.376 e. The van der Waals surface area contributed by atoms with Gasteiger partial charge in [0.05, 0.1) is 11.7 Å². The van der Waals surface area contributed by atoms with Crippen LogP contribution in [-0.2, 0) is 9.53 Å². The largest absolute Gasteiger partial charge is 0.376 e. The number of fused-ring (bicyclic) bond motifs is 1. The minimum absolute atomic E-state index is 0.0224. The molecule has 156 valence electrons. The van der Waals surface area contributed by atoms with Crippen molar-refractivity contribution >= 4 is 23.4 Å². The van der Waals surface area contributed by atoms with Gasteiger partial charge < -0.3 is 15.0 Å². The van der Waals surface area contributed by atoms with Crippen molar-refractivity contribution in [2.75, 3.05) is 31.1 Å². The molecule has 0 spiro atoms. The highest BCUT2D eigenvalue weighted by atomic mass is 16.5. The number of carbonyl (C=O) groups excluding carboxylic acids is 1. The number of pyridine rings is 1. The predicted octanol–water partition coefficient (Wildman–Crippen LogP) is 1.89. The summed E-state index contributed by atoms with van der Waals surface area (Å²) in [6.07, 6.45) is 8.04. The summed E-state index contributed by atoms with van der Waals surface area (Å²) in [5.41, 5.74) is 0.410. The molecular formula is C22H25N5O3. The van der Waals surface area contributed by atoms with Gasteiger partial charge in [-0.3, -0.25) is 14.0 Å². The third-order valence-electron chi connectivity index (χ3n) is 5.57. The average molecular weight is 407 g/mol. The van der Waals surface area contributed by atoms with E-state index < -0.39 is 5.91 Å². The number of aromatic nitrogens is 2. The number of rotatable bonds is 5. The first kappa shape index (κ1) is 20.1. The van der Waals surface area contributed by atoms with E-state index in [2.05, 4.69) is 10.2 Å². The van der Waals surface area contributed by atoms with E-state index in [4.69, 9.17) is 9.72 Å². The van der Waals surface area contributed by atoms with Gasteiger partial charge in [0.1, 0.15) is 23.1 Å². The van der Waals surface area contributed by atoms with Crippen LogP contribution in [0.4, 0.5) is 5.82 Å². The minimum atomic E-state index is -0.504. The lowest BCUT2D eigenvalue weighted by atomic mass is 10.1. The van der Waals surface area contributed by atoms with Crippen LogP contribution in [0.25, 0.3) is 11.7 Å². The summed E-state index contributed by atoms with van der Waals surface area (Å²) in [6.45, 7) is 2.64. The van der Waals surface area contributed by atoms with Gasteiger partial charge in [0.25, 0.3) is 11.5 Å². The summed E-state index contributed by atoms with van der Waals surface area (Å²) in [4.78, 5) is 32.6. The molecule has 2 saturated heterocycles. The molecule has 2 fully saturated rings. The molecule has 8 heteroatoms. The molecule has 8 nitrogen and oxygen atoms in total. The van der Waals surface area contributed by atoms with Gasteiger partial charge in [0.2, 0.25) is 0 Å². The fourth-order valence-electron chi connectivity index (χ4n) is 3.96. The highest BCUT2D eigenvalue weighted by molar-refractivity contribution is 6.02. The number of ether oxygens (including phenoxy) is 1. The van der Waals surface area contributed by atoms with Crippen LogP contribution in [0.5, 0.6) is 0 Å². The standard InChI is InChI=1S/C22H25N5O3/c23-14-16(21(28)24-15-17-7-6-12-30-17)13-18-20(26-9-3-1-4-10-26)25-19-8-2-5-11-27(19)22(18)29/h2,5,8,11,13,17H,1,3-4,6-7,9-10,12,15H2,(H,24,28)/b16-13-/t17-/m0/s1. The molecule has 0 unspecified atom stereocenters. The van der Waals surface area contributed by atoms with Gasteiger partial charge in [0.15, 0.2) is 0 Å². The molecule has 0 saturated carbocycles. The highest BCUT2D eigenvalue weighted by Gasteiger charge is 2.22. The molecule has 0 aromatic carbocycles. The Morgan fingerprint density at radius 2 is 2.13 bits per heavy atom. The van der Waals surface area contributed by atoms with Crippen LogP contribution in [-0.4, -0.2) is 47.6 Å². The first-order valence-electron chi connectivity index (χ1n) is 10.5. The third-order valence-corrected chi connectivity index (χ3v) is 5.57. The number of piperidine rings is 1. The van der Waals surface area contributed by atoms with Crippen LogP contribution >= 0.6 is 0 Å². The second-order valence-corrected chi connectivity index (χ2v) is 7.65. The summed E-state index contributed by atoms with van der Waals surface area (Å²) in [7, 11) is 0. The van der Waals surface area contributed by atoms with E-state index in [-0.39, 0.29) is 22.8 Å². The maximum absolute atomic E-state index is 13.2. The maximum atomic E-state index is 13.2. The van der Waals surface area contributed by atoms with E-state index in [0.717, 1.165) is 45.2 Å². The third kappa shape index (κ3) is 4.21. The van der Waals surface area contributed by atoms with Crippen molar-refractivity contribution in [2.45, 2.75) is 38.2 Å². The Kier molecular flexibility index (Phi) is 6.10. The van der Waals surface area contributed by atoms with Crippen molar-refractivity contribution in [3.05, 3.63) is 45.9 Å². The van der Waals surface area contributed by atoms with Crippen molar-refractivity contribution in [3.63, 3.8) is 0 Å². The van der Waals surface area contributed by atoms with E-state index in [1.807, 2.05) is 12.1 Å². The van der Waals surface area contributed by atoms with Gasteiger partial charge in [-0.2, -0.15) is 5.26 Å². The van der Waals surface area contributed by atoms with Crippen LogP contribution in [0.2, 0.25) is 0 Å². The lowest BCUT2D eigenvalue weighted by molar-refractivity contribution is -0.117. The van der Waals surface area contributed by atoms with Gasteiger partial charge in [-0.15, -0.1) is 0 Å². The van der Waals surface area contributed by atoms with Crippen molar-refractivity contribution in [1.29, 1.82) is 5.26 Å². The Hall–Kier alpha value is -3.18. The Morgan fingerprint density at radius 1 is 1.30 bits per heavy atom. The highest BCUT2D eigenvalue weighted by Crippen LogP contribution is 2.23. The molecule has 2 aliphatic heterocycles. The van der Waals surface area contributed by atoms with Crippen LogP contribution in [0.3, 0.4) is 0 Å². The SMILES string of the molecule is N#C/C(=C/c1c(N2CCCCC2)nc2ccccn2c1=O)C(=O)NC[C@@H]1CCCO1. The number of nitrogens with zero attached hydrogens (tertiary/aromatic N) is 4. The van der Waals surface area contributed by atoms with Crippen molar-refractivity contribution < 1.29 is 9.53 Å². The Balaban J connectivity index is 1.71. The smallest absolute Gasteiger partial charge is 0.267 e. The summed E-state index contributed by atoms with van der Waals surface area (Å²) in [5, 5.41) is 12.4. The van der Waals surface area contributed by atoms with Crippen molar-refractivity contribution in [1.82, 2.24) is 14.7 Å². The quantitative estimate of drug-likeness (QED) is 0.600. The molecule has 2 aliphatic rings. The number of hydrogen-bond donors (Lipinski definition) is 1. The van der Waals surface area contributed by atoms with Crippen LogP contribution in [0.15, 0.2) is 34.8 Å². The molecule has 2 aromatic heterocycles. The zero-order valence-corrected chi connectivity index (χ0v) is 16.8. The number of carbonyl (C=O) groups is 1. The van der Waals surface area contributed by atoms with E-state index in [0.29, 0.717) is 24.6 Å². The van der Waals surface area contributed by atoms with E-state index in [1.54, 1.807) is 18.3 Å². The fourth-order valence-corrected chi connectivity index (χ4v) is 3.96. The Labute approximate surface area is 174 Å². The lowest BCUT2D eigenvalue weighted by Crippen LogP contribution is -2.34. The number of hydrogen-bond acceptors (Lipinski definition) is 6. The molecule has 4 heterocycles. The van der Waals surface area contributed by atoms with Crippen molar-refractivity contribution in [2.24, 2.45) is 0 Å². The van der Waals surface area contributed by atoms with Crippen LogP contribution < -0.4 is 15.8 Å². The fraction of sp³-hybridized carbons (Fsp3) is 0.455. The van der Waals surface area contributed by atoms with Gasteiger partial charge in [-0.1, -0.05) is 6.07 Å². The molecule has 30 heavy (non-hydrogen) atoms. The second kappa shape index (κ2) is 9.09. The molecule has 0 aliphatic carbocycles. The molecular weight excluding hydrogens is 382 g/mol. The second-order valence-electron chi connectivity index (χ2n) is 7.65. The van der Waals surface area contributed by atoms with E-state index in [1.165, 1.54) is 10.5 Å². The summed E-state index contributed by atoms with van der Waals surface area (Å²) in [5.74, 6) is 0.0285. The number of nitrogens with one attached hydrogen (secondary N) is 1. The van der Waals surface area contributed by atoms with E-state index in [9.17, 15) is 14.9 Å². The zero-order valence-electron chi connectivity index (χ0n) is 16.8. The van der Waals surface area contributed by atoms with Crippen molar-refractivity contribution in [3.8, 4) is 6.07 Å². The Morgan fingerprint density at radius 3 is 2.87 bits per heavy atom. The number of amides is 1. The normalized spacial score (nSPS) is 19.6. The Bertz CT molecular complexity index is 1060. The van der Waals surface area contributed by atoms with Gasteiger partial charge in [-0.25, -0.2) is 4.98 Å². The number of anilines is 1. The van der Waals surface area contributed by atoms with Gasteiger partial charge in [-0.05, 0) is 50.3 Å². The lowest BCUT2D eigenvalue weighted by Gasteiger charge is -2.29. The summed E-state index contributed by atoms with van der Waals surface area (Å²) < 4.78 is 6.96. The average Bonchev–Trinajstić information content (AvgIpc) is 3.31. The molecule has 2 aromatic rings. The van der Waals surface area contributed by atoms with E-state index >= 15 is 0 Å². The van der Waals surface area contributed by atoms with Crippen LogP contribution in [0, 0.1) is 11.3 Å². The molecule has 0 bridgehead atoms. The molecule has 1 N–H and O–H groups in total. The molecule has 1 amide bonds. The predicted molar refractivity (Wildman–Crippen MR) is 113 cm³/mol. The monoisotopic (exact) mass is 407 g/mol.